The van der Waals surface area contributed by atoms with Crippen LogP contribution in [0, 0.1) is 0 Å². The largest absolute Gasteiger partial charge is 0.462 e. The van der Waals surface area contributed by atoms with Crippen LogP contribution in [0.4, 0.5) is 16.2 Å². The number of nitrogens with one attached hydrogen (secondary N) is 3. The van der Waals surface area contributed by atoms with E-state index in [-0.39, 0.29) is 17.9 Å². The molecule has 10 heteroatoms. The van der Waals surface area contributed by atoms with Crippen molar-refractivity contribution in [2.45, 2.75) is 24.3 Å². The van der Waals surface area contributed by atoms with Crippen molar-refractivity contribution in [2.24, 2.45) is 0 Å². The molecule has 0 fully saturated rings. The molecule has 0 saturated carbocycles. The van der Waals surface area contributed by atoms with Crippen LogP contribution >= 0.6 is 0 Å². The Balaban J connectivity index is 1.47. The first kappa shape index (κ1) is 30.0. The van der Waals surface area contributed by atoms with E-state index in [1.807, 2.05) is 30.3 Å². The lowest BCUT2D eigenvalue weighted by atomic mass is 10.0. The van der Waals surface area contributed by atoms with Crippen LogP contribution in [0.15, 0.2) is 108 Å². The van der Waals surface area contributed by atoms with Crippen LogP contribution in [-0.2, 0) is 25.8 Å². The molecule has 0 aromatic heterocycles. The molecule has 216 valence electrons. The first-order valence-corrected chi connectivity index (χ1v) is 15.1. The Labute approximate surface area is 244 Å². The molecule has 42 heavy (non-hydrogen) atoms. The van der Waals surface area contributed by atoms with Gasteiger partial charge in [-0.3, -0.25) is 4.79 Å². The SMILES string of the molecule is CCOC(=O)c1ccc(NC(=O)N[C@@H](Cc2ccccc2)C(=O)Nc2ccc(-c3ccccc3S(C)(=O)=O)cc2)cc1. The van der Waals surface area contributed by atoms with Crippen LogP contribution in [0.5, 0.6) is 0 Å². The second-order valence-corrected chi connectivity index (χ2v) is 11.5. The highest BCUT2D eigenvalue weighted by Crippen LogP contribution is 2.28. The fourth-order valence-electron chi connectivity index (χ4n) is 4.28. The Bertz CT molecular complexity index is 1660. The van der Waals surface area contributed by atoms with Crippen molar-refractivity contribution in [3.63, 3.8) is 0 Å². The van der Waals surface area contributed by atoms with Gasteiger partial charge >= 0.3 is 12.0 Å². The molecule has 3 N–H and O–H groups in total. The lowest BCUT2D eigenvalue weighted by Crippen LogP contribution is -2.46. The second-order valence-electron chi connectivity index (χ2n) is 9.47. The molecule has 4 aromatic rings. The van der Waals surface area contributed by atoms with Gasteiger partial charge in [0.1, 0.15) is 6.04 Å². The maximum Gasteiger partial charge on any atom is 0.338 e. The maximum atomic E-state index is 13.3. The highest BCUT2D eigenvalue weighted by Gasteiger charge is 2.22. The Kier molecular flexibility index (Phi) is 9.72. The summed E-state index contributed by atoms with van der Waals surface area (Å²) >= 11 is 0. The van der Waals surface area contributed by atoms with Gasteiger partial charge in [-0.1, -0.05) is 60.7 Å². The van der Waals surface area contributed by atoms with Gasteiger partial charge in [0.25, 0.3) is 0 Å². The van der Waals surface area contributed by atoms with Crippen LogP contribution in [0.25, 0.3) is 11.1 Å². The van der Waals surface area contributed by atoms with Crippen molar-refractivity contribution < 1.29 is 27.5 Å². The summed E-state index contributed by atoms with van der Waals surface area (Å²) < 4.78 is 29.4. The van der Waals surface area contributed by atoms with Crippen molar-refractivity contribution in [3.8, 4) is 11.1 Å². The number of sulfone groups is 1. The lowest BCUT2D eigenvalue weighted by molar-refractivity contribution is -0.117. The van der Waals surface area contributed by atoms with E-state index in [0.717, 1.165) is 11.8 Å². The van der Waals surface area contributed by atoms with E-state index in [2.05, 4.69) is 16.0 Å². The van der Waals surface area contributed by atoms with Crippen molar-refractivity contribution in [3.05, 3.63) is 114 Å². The van der Waals surface area contributed by atoms with Gasteiger partial charge in [-0.2, -0.15) is 0 Å². The minimum atomic E-state index is -3.43. The topological polar surface area (TPSA) is 131 Å². The molecule has 3 amide bonds. The highest BCUT2D eigenvalue weighted by atomic mass is 32.2. The summed E-state index contributed by atoms with van der Waals surface area (Å²) in [7, 11) is -3.43. The van der Waals surface area contributed by atoms with E-state index in [1.54, 1.807) is 79.7 Å². The van der Waals surface area contributed by atoms with Gasteiger partial charge in [0.2, 0.25) is 5.91 Å². The number of urea groups is 1. The van der Waals surface area contributed by atoms with Gasteiger partial charge in [-0.05, 0) is 60.5 Å². The molecule has 0 aliphatic carbocycles. The smallest absolute Gasteiger partial charge is 0.338 e. The van der Waals surface area contributed by atoms with E-state index in [9.17, 15) is 22.8 Å². The minimum absolute atomic E-state index is 0.218. The number of carbonyl (C=O) groups excluding carboxylic acids is 3. The molecule has 0 radical (unpaired) electrons. The van der Waals surface area contributed by atoms with Crippen molar-refractivity contribution >= 4 is 39.1 Å². The molecule has 4 aromatic carbocycles. The molecule has 0 aliphatic rings. The molecule has 1 atom stereocenters. The Hall–Kier alpha value is -4.96. The molecule has 0 bridgehead atoms. The van der Waals surface area contributed by atoms with Crippen LogP contribution in [-0.4, -0.2) is 45.2 Å². The molecular weight excluding hydrogens is 554 g/mol. The molecule has 0 saturated heterocycles. The second kappa shape index (κ2) is 13.6. The molecule has 0 aliphatic heterocycles. The number of anilines is 2. The summed E-state index contributed by atoms with van der Waals surface area (Å²) in [4.78, 5) is 38.3. The third kappa shape index (κ3) is 8.05. The fraction of sp³-hybridized carbons (Fsp3) is 0.156. The van der Waals surface area contributed by atoms with E-state index in [1.165, 1.54) is 0 Å². The first-order chi connectivity index (χ1) is 20.1. The predicted molar refractivity (Wildman–Crippen MR) is 162 cm³/mol. The monoisotopic (exact) mass is 585 g/mol. The standard InChI is InChI=1S/C32H31N3O6S/c1-3-41-31(37)24-15-19-26(20-16-24)34-32(38)35-28(21-22-9-5-4-6-10-22)30(36)33-25-17-13-23(14-18-25)27-11-7-8-12-29(27)42(2,39)40/h4-20,28H,3,21H2,1-2H3,(H,33,36)(H2,34,35,38)/t28-/m0/s1. The molecule has 4 rings (SSSR count). The Morgan fingerprint density at radius 3 is 2.00 bits per heavy atom. The zero-order valence-electron chi connectivity index (χ0n) is 23.2. The van der Waals surface area contributed by atoms with Gasteiger partial charge in [0.05, 0.1) is 17.1 Å². The third-order valence-corrected chi connectivity index (χ3v) is 7.46. The van der Waals surface area contributed by atoms with Crippen LogP contribution < -0.4 is 16.0 Å². The van der Waals surface area contributed by atoms with Gasteiger partial charge in [-0.25, -0.2) is 18.0 Å². The molecule has 0 unspecified atom stereocenters. The number of hydrogen-bond acceptors (Lipinski definition) is 6. The molecule has 0 heterocycles. The van der Waals surface area contributed by atoms with Crippen LogP contribution in [0.1, 0.15) is 22.8 Å². The number of hydrogen-bond donors (Lipinski definition) is 3. The van der Waals surface area contributed by atoms with Crippen molar-refractivity contribution in [1.82, 2.24) is 5.32 Å². The van der Waals surface area contributed by atoms with Crippen molar-refractivity contribution in [1.29, 1.82) is 0 Å². The predicted octanol–water partition coefficient (Wildman–Crippen LogP) is 5.31. The molecule has 9 nitrogen and oxygen atoms in total. The maximum absolute atomic E-state index is 13.3. The van der Waals surface area contributed by atoms with E-state index >= 15 is 0 Å². The van der Waals surface area contributed by atoms with Crippen molar-refractivity contribution in [2.75, 3.05) is 23.5 Å². The summed E-state index contributed by atoms with van der Waals surface area (Å²) in [5.74, 6) is -0.892. The average Bonchev–Trinajstić information content (AvgIpc) is 2.98. The van der Waals surface area contributed by atoms with Crippen LogP contribution in [0.2, 0.25) is 0 Å². The number of amides is 3. The van der Waals surface area contributed by atoms with E-state index in [4.69, 9.17) is 4.74 Å². The summed E-state index contributed by atoms with van der Waals surface area (Å²) in [6.45, 7) is 1.98. The zero-order valence-corrected chi connectivity index (χ0v) is 24.0. The van der Waals surface area contributed by atoms with Gasteiger partial charge < -0.3 is 20.7 Å². The first-order valence-electron chi connectivity index (χ1n) is 13.2. The number of esters is 1. The fourth-order valence-corrected chi connectivity index (χ4v) is 5.19. The summed E-state index contributed by atoms with van der Waals surface area (Å²) in [5.41, 5.74) is 3.37. The zero-order chi connectivity index (χ0) is 30.1. The molecule has 0 spiro atoms. The highest BCUT2D eigenvalue weighted by molar-refractivity contribution is 7.90. The normalized spacial score (nSPS) is 11.7. The van der Waals surface area contributed by atoms with Gasteiger partial charge in [0.15, 0.2) is 9.84 Å². The van der Waals surface area contributed by atoms with Crippen LogP contribution in [0.3, 0.4) is 0 Å². The minimum Gasteiger partial charge on any atom is -0.462 e. The Morgan fingerprint density at radius 1 is 0.762 bits per heavy atom. The third-order valence-electron chi connectivity index (χ3n) is 6.31. The lowest BCUT2D eigenvalue weighted by Gasteiger charge is -2.19. The summed E-state index contributed by atoms with van der Waals surface area (Å²) in [5, 5.41) is 8.26. The number of rotatable bonds is 10. The quantitative estimate of drug-likeness (QED) is 0.216. The number of carbonyl (C=O) groups is 3. The number of benzene rings is 4. The summed E-state index contributed by atoms with van der Waals surface area (Å²) in [6, 6.07) is 27.5. The molecular formula is C32H31N3O6S. The van der Waals surface area contributed by atoms with E-state index in [0.29, 0.717) is 28.1 Å². The summed E-state index contributed by atoms with van der Waals surface area (Å²) in [6.07, 6.45) is 1.40. The Morgan fingerprint density at radius 2 is 1.36 bits per heavy atom. The van der Waals surface area contributed by atoms with Gasteiger partial charge in [-0.15, -0.1) is 0 Å². The average molecular weight is 586 g/mol. The number of ether oxygens (including phenoxy) is 1. The van der Waals surface area contributed by atoms with E-state index < -0.39 is 33.8 Å². The van der Waals surface area contributed by atoms with Gasteiger partial charge in [0, 0.05) is 29.6 Å².